The van der Waals surface area contributed by atoms with Crippen LogP contribution in [0.15, 0.2) is 42.9 Å². The Morgan fingerprint density at radius 2 is 1.94 bits per heavy atom. The first-order chi connectivity index (χ1) is 16.5. The van der Waals surface area contributed by atoms with Gasteiger partial charge >= 0.3 is 0 Å². The van der Waals surface area contributed by atoms with Crippen LogP contribution in [0.3, 0.4) is 0 Å². The van der Waals surface area contributed by atoms with E-state index in [4.69, 9.17) is 5.73 Å². The lowest BCUT2D eigenvalue weighted by Crippen LogP contribution is -2.42. The third-order valence-corrected chi connectivity index (χ3v) is 8.38. The molecule has 2 unspecified atom stereocenters. The zero-order valence-electron chi connectivity index (χ0n) is 19.6. The number of nitrogens with one attached hydrogen (secondary N) is 1. The Kier molecular flexibility index (Phi) is 5.41. The first-order valence-electron chi connectivity index (χ1n) is 12.4. The van der Waals surface area contributed by atoms with Crippen molar-refractivity contribution in [2.75, 3.05) is 26.7 Å². The van der Waals surface area contributed by atoms with E-state index in [9.17, 15) is 9.18 Å². The molecule has 1 aliphatic heterocycles. The van der Waals surface area contributed by atoms with Gasteiger partial charge in [-0.05, 0) is 79.2 Å². The first kappa shape index (κ1) is 21.7. The van der Waals surface area contributed by atoms with Crippen LogP contribution in [-0.4, -0.2) is 53.1 Å². The Bertz CT molecular complexity index is 1220. The minimum absolute atomic E-state index is 0.301. The number of hydrogen-bond donors (Lipinski definition) is 2. The Labute approximate surface area is 199 Å². The van der Waals surface area contributed by atoms with E-state index in [0.29, 0.717) is 23.2 Å². The molecule has 1 saturated heterocycles. The largest absolute Gasteiger partial charge is 0.355 e. The lowest BCUT2D eigenvalue weighted by Gasteiger charge is -2.35. The number of nitrogens with zero attached hydrogens (tertiary/aromatic N) is 3. The Morgan fingerprint density at radius 3 is 2.65 bits per heavy atom. The Hall–Kier alpha value is -2.77. The number of likely N-dealkylation sites (tertiary alicyclic amines) is 1. The fourth-order valence-electron chi connectivity index (χ4n) is 6.76. The third-order valence-electron chi connectivity index (χ3n) is 8.38. The van der Waals surface area contributed by atoms with E-state index in [2.05, 4.69) is 27.5 Å². The van der Waals surface area contributed by atoms with Crippen molar-refractivity contribution in [3.05, 3.63) is 59.8 Å². The second-order valence-corrected chi connectivity index (χ2v) is 10.6. The van der Waals surface area contributed by atoms with Crippen molar-refractivity contribution >= 4 is 16.8 Å². The molecule has 0 spiro atoms. The topological polar surface area (TPSA) is 76.2 Å². The highest BCUT2D eigenvalue weighted by atomic mass is 19.1. The molecule has 3 heterocycles. The number of aromatic nitrogens is 2. The van der Waals surface area contributed by atoms with E-state index >= 15 is 0 Å². The van der Waals surface area contributed by atoms with Crippen LogP contribution in [-0.2, 0) is 0 Å². The average molecular weight is 462 g/mol. The summed E-state index contributed by atoms with van der Waals surface area (Å²) >= 11 is 0. The van der Waals surface area contributed by atoms with Crippen LogP contribution >= 0.6 is 0 Å². The number of rotatable bonds is 5. The number of halogens is 1. The molecular formula is C27H32FN5O. The SMILES string of the molecule is CNC(=O)c1cc(F)ccc1-n1cc(C2CC3CN(CC4CC(N)C4)CC3C2)c2ccncc21. The van der Waals surface area contributed by atoms with Crippen molar-refractivity contribution in [1.82, 2.24) is 19.8 Å². The maximum Gasteiger partial charge on any atom is 0.253 e. The van der Waals surface area contributed by atoms with E-state index in [-0.39, 0.29) is 5.91 Å². The molecular weight excluding hydrogens is 429 g/mol. The van der Waals surface area contributed by atoms with Gasteiger partial charge < -0.3 is 20.5 Å². The quantitative estimate of drug-likeness (QED) is 0.608. The minimum atomic E-state index is -0.422. The standard InChI is InChI=1S/C27H32FN5O/c1-30-27(34)23-10-20(28)2-3-25(23)33-15-24(22-4-5-31-11-26(22)33)17-8-18-13-32(14-19(18)9-17)12-16-6-21(29)7-16/h2-5,10-11,15-19,21H,6-9,12-14,29H2,1H3,(H,30,34). The molecule has 3 aromatic rings. The molecule has 1 amide bonds. The van der Waals surface area contributed by atoms with Gasteiger partial charge in [0.1, 0.15) is 5.82 Å². The van der Waals surface area contributed by atoms with Crippen LogP contribution in [0.1, 0.15) is 47.5 Å². The van der Waals surface area contributed by atoms with E-state index in [1.54, 1.807) is 13.1 Å². The molecule has 7 heteroatoms. The zero-order valence-corrected chi connectivity index (χ0v) is 19.6. The normalized spacial score (nSPS) is 28.7. The van der Waals surface area contributed by atoms with Crippen LogP contribution in [0.4, 0.5) is 4.39 Å². The monoisotopic (exact) mass is 461 g/mol. The van der Waals surface area contributed by atoms with Crippen LogP contribution in [0.5, 0.6) is 0 Å². The molecule has 6 rings (SSSR count). The number of pyridine rings is 1. The van der Waals surface area contributed by atoms with Crippen LogP contribution in [0, 0.1) is 23.6 Å². The fourth-order valence-corrected chi connectivity index (χ4v) is 6.76. The summed E-state index contributed by atoms with van der Waals surface area (Å²) in [5.41, 5.74) is 9.25. The molecule has 3 fully saturated rings. The average Bonchev–Trinajstić information content (AvgIpc) is 3.49. The molecule has 1 aromatic carbocycles. The van der Waals surface area contributed by atoms with Gasteiger partial charge in [0.2, 0.25) is 0 Å². The molecule has 2 aromatic heterocycles. The summed E-state index contributed by atoms with van der Waals surface area (Å²) in [6.07, 6.45) is 10.6. The molecule has 0 bridgehead atoms. The van der Waals surface area contributed by atoms with E-state index in [1.165, 1.54) is 68.4 Å². The van der Waals surface area contributed by atoms with Crippen molar-refractivity contribution in [3.63, 3.8) is 0 Å². The van der Waals surface area contributed by atoms with Crippen molar-refractivity contribution in [2.45, 2.75) is 37.6 Å². The number of benzene rings is 1. The molecule has 2 saturated carbocycles. The second kappa shape index (κ2) is 8.47. The summed E-state index contributed by atoms with van der Waals surface area (Å²) in [5, 5.41) is 3.81. The Balaban J connectivity index is 1.28. The predicted octanol–water partition coefficient (Wildman–Crippen LogP) is 3.69. The summed E-state index contributed by atoms with van der Waals surface area (Å²) in [7, 11) is 1.57. The minimum Gasteiger partial charge on any atom is -0.355 e. The molecule has 2 atom stereocenters. The van der Waals surface area contributed by atoms with Gasteiger partial charge in [0.05, 0.1) is 23.0 Å². The summed E-state index contributed by atoms with van der Waals surface area (Å²) in [4.78, 5) is 19.5. The van der Waals surface area contributed by atoms with Gasteiger partial charge in [-0.25, -0.2) is 4.39 Å². The third kappa shape index (κ3) is 3.71. The summed E-state index contributed by atoms with van der Waals surface area (Å²) in [6, 6.07) is 6.90. The van der Waals surface area contributed by atoms with E-state index < -0.39 is 5.82 Å². The fraction of sp³-hybridized carbons (Fsp3) is 0.481. The number of amides is 1. The molecule has 3 aliphatic rings. The number of hydrogen-bond acceptors (Lipinski definition) is 4. The van der Waals surface area contributed by atoms with Crippen LogP contribution < -0.4 is 11.1 Å². The lowest BCUT2D eigenvalue weighted by molar-refractivity contribution is 0.0962. The van der Waals surface area contributed by atoms with E-state index in [0.717, 1.165) is 23.3 Å². The van der Waals surface area contributed by atoms with Gasteiger partial charge in [0.25, 0.3) is 5.91 Å². The van der Waals surface area contributed by atoms with Gasteiger partial charge in [0.15, 0.2) is 0 Å². The van der Waals surface area contributed by atoms with Gasteiger partial charge in [-0.15, -0.1) is 0 Å². The molecule has 178 valence electrons. The molecule has 3 N–H and O–H groups in total. The van der Waals surface area contributed by atoms with Crippen molar-refractivity contribution in [2.24, 2.45) is 23.5 Å². The maximum atomic E-state index is 14.0. The molecule has 6 nitrogen and oxygen atoms in total. The lowest BCUT2D eigenvalue weighted by atomic mass is 9.80. The Morgan fingerprint density at radius 1 is 1.18 bits per heavy atom. The zero-order chi connectivity index (χ0) is 23.4. The second-order valence-electron chi connectivity index (χ2n) is 10.6. The van der Waals surface area contributed by atoms with Crippen LogP contribution in [0.2, 0.25) is 0 Å². The number of fused-ring (bicyclic) bond motifs is 2. The summed E-state index contributed by atoms with van der Waals surface area (Å²) in [6.45, 7) is 3.61. The smallest absolute Gasteiger partial charge is 0.253 e. The van der Waals surface area contributed by atoms with Crippen molar-refractivity contribution < 1.29 is 9.18 Å². The number of carbonyl (C=O) groups is 1. The van der Waals surface area contributed by atoms with Gasteiger partial charge in [-0.3, -0.25) is 9.78 Å². The highest BCUT2D eigenvalue weighted by Gasteiger charge is 2.43. The van der Waals surface area contributed by atoms with Crippen molar-refractivity contribution in [3.8, 4) is 5.69 Å². The highest BCUT2D eigenvalue weighted by Crippen LogP contribution is 2.48. The van der Waals surface area contributed by atoms with Gasteiger partial charge in [-0.2, -0.15) is 0 Å². The number of nitrogens with two attached hydrogens (primary N) is 1. The van der Waals surface area contributed by atoms with Crippen LogP contribution in [0.25, 0.3) is 16.6 Å². The summed E-state index contributed by atoms with van der Waals surface area (Å²) in [5.74, 6) is 2.04. The number of carbonyl (C=O) groups excluding carboxylic acids is 1. The molecule has 0 radical (unpaired) electrons. The van der Waals surface area contributed by atoms with E-state index in [1.807, 2.05) is 17.0 Å². The molecule has 34 heavy (non-hydrogen) atoms. The maximum absolute atomic E-state index is 14.0. The predicted molar refractivity (Wildman–Crippen MR) is 131 cm³/mol. The van der Waals surface area contributed by atoms with Crippen molar-refractivity contribution in [1.29, 1.82) is 0 Å². The van der Waals surface area contributed by atoms with Gasteiger partial charge in [-0.1, -0.05) is 0 Å². The summed E-state index contributed by atoms with van der Waals surface area (Å²) < 4.78 is 16.0. The highest BCUT2D eigenvalue weighted by molar-refractivity contribution is 5.98. The van der Waals surface area contributed by atoms with Gasteiger partial charge in [0, 0.05) is 50.5 Å². The first-order valence-corrected chi connectivity index (χ1v) is 12.4. The molecule has 2 aliphatic carbocycles.